The third kappa shape index (κ3) is 4.11. The summed E-state index contributed by atoms with van der Waals surface area (Å²) >= 11 is 0. The lowest BCUT2D eigenvalue weighted by molar-refractivity contribution is -0.0486. The molecule has 0 heterocycles. The number of alkyl halides is 3. The van der Waals surface area contributed by atoms with Crippen molar-refractivity contribution < 1.29 is 21.6 Å². The highest BCUT2D eigenvalue weighted by Crippen LogP contribution is 2.27. The molecule has 0 aliphatic carbocycles. The van der Waals surface area contributed by atoms with E-state index in [4.69, 9.17) is 0 Å². The Morgan fingerprint density at radius 3 is 1.88 bits per heavy atom. The van der Waals surface area contributed by atoms with Gasteiger partial charge in [0.15, 0.2) is 0 Å². The molecule has 0 aromatic carbocycles. The second-order valence-corrected chi connectivity index (χ2v) is 6.97. The van der Waals surface area contributed by atoms with E-state index >= 15 is 0 Å². The summed E-state index contributed by atoms with van der Waals surface area (Å²) in [7, 11) is -2.73. The van der Waals surface area contributed by atoms with Gasteiger partial charge in [0, 0.05) is 19.6 Å². The zero-order valence-electron chi connectivity index (χ0n) is 10.6. The third-order valence-electron chi connectivity index (χ3n) is 2.54. The first-order valence-corrected chi connectivity index (χ1v) is 6.48. The lowest BCUT2D eigenvalue weighted by Crippen LogP contribution is -2.50. The van der Waals surface area contributed by atoms with Crippen LogP contribution in [0.25, 0.3) is 0 Å². The summed E-state index contributed by atoms with van der Waals surface area (Å²) in [5.41, 5.74) is -5.60. The maximum Gasteiger partial charge on any atom is 0.511 e. The molecular formula is C9H19F3N2O2S. The maximum absolute atomic E-state index is 12.3. The fourth-order valence-electron chi connectivity index (χ4n) is 1.33. The van der Waals surface area contributed by atoms with Crippen molar-refractivity contribution in [2.75, 3.05) is 20.6 Å². The van der Waals surface area contributed by atoms with Crippen molar-refractivity contribution in [3.05, 3.63) is 0 Å². The minimum absolute atomic E-state index is 0.234. The first-order chi connectivity index (χ1) is 7.34. The van der Waals surface area contributed by atoms with Gasteiger partial charge < -0.3 is 5.32 Å². The third-order valence-corrected chi connectivity index (χ3v) is 4.09. The minimum atomic E-state index is -5.25. The Morgan fingerprint density at radius 2 is 1.65 bits per heavy atom. The molecule has 0 amide bonds. The SMILES string of the molecule is CN[C@H](CN(C)S(=O)(=O)C(F)(F)F)C(C)(C)C. The average Bonchev–Trinajstić information content (AvgIpc) is 2.09. The number of hydrogen-bond acceptors (Lipinski definition) is 3. The number of rotatable bonds is 4. The Hall–Kier alpha value is -0.340. The van der Waals surface area contributed by atoms with Crippen LogP contribution in [0.5, 0.6) is 0 Å². The van der Waals surface area contributed by atoms with Crippen LogP contribution in [0, 0.1) is 5.41 Å². The van der Waals surface area contributed by atoms with Crippen LogP contribution >= 0.6 is 0 Å². The van der Waals surface area contributed by atoms with E-state index in [1.54, 1.807) is 7.05 Å². The van der Waals surface area contributed by atoms with Gasteiger partial charge in [0.25, 0.3) is 0 Å². The van der Waals surface area contributed by atoms with Crippen LogP contribution < -0.4 is 5.32 Å². The number of nitrogens with zero attached hydrogens (tertiary/aromatic N) is 1. The number of halogens is 3. The van der Waals surface area contributed by atoms with Crippen molar-refractivity contribution in [1.82, 2.24) is 9.62 Å². The Morgan fingerprint density at radius 1 is 1.24 bits per heavy atom. The summed E-state index contributed by atoms with van der Waals surface area (Å²) in [5.74, 6) is 0. The smallest absolute Gasteiger partial charge is 0.315 e. The predicted octanol–water partition coefficient (Wildman–Crippen LogP) is 1.40. The predicted molar refractivity (Wildman–Crippen MR) is 59.9 cm³/mol. The molecule has 104 valence electrons. The molecule has 1 atom stereocenters. The normalized spacial score (nSPS) is 16.3. The van der Waals surface area contributed by atoms with Gasteiger partial charge in [-0.3, -0.25) is 0 Å². The molecule has 0 aromatic rings. The maximum atomic E-state index is 12.3. The molecule has 0 unspecified atom stereocenters. The van der Waals surface area contributed by atoms with Crippen LogP contribution in [0.1, 0.15) is 20.8 Å². The zero-order valence-corrected chi connectivity index (χ0v) is 11.4. The summed E-state index contributed by atoms with van der Waals surface area (Å²) in [4.78, 5) is 0. The highest BCUT2D eigenvalue weighted by Gasteiger charge is 2.49. The molecule has 0 bridgehead atoms. The Balaban J connectivity index is 4.94. The topological polar surface area (TPSA) is 49.4 Å². The number of nitrogens with one attached hydrogen (secondary N) is 1. The molecule has 0 fully saturated rings. The highest BCUT2D eigenvalue weighted by atomic mass is 32.2. The van der Waals surface area contributed by atoms with Gasteiger partial charge in [0.2, 0.25) is 0 Å². The van der Waals surface area contributed by atoms with E-state index in [0.717, 1.165) is 7.05 Å². The van der Waals surface area contributed by atoms with Gasteiger partial charge in [0.1, 0.15) is 0 Å². The first-order valence-electron chi connectivity index (χ1n) is 5.04. The van der Waals surface area contributed by atoms with Crippen molar-refractivity contribution in [3.8, 4) is 0 Å². The van der Waals surface area contributed by atoms with Gasteiger partial charge in [0.05, 0.1) is 0 Å². The fraction of sp³-hybridized carbons (Fsp3) is 1.00. The lowest BCUT2D eigenvalue weighted by atomic mass is 9.87. The largest absolute Gasteiger partial charge is 0.511 e. The van der Waals surface area contributed by atoms with E-state index in [-0.39, 0.29) is 18.0 Å². The van der Waals surface area contributed by atoms with Crippen LogP contribution in [0.2, 0.25) is 0 Å². The average molecular weight is 276 g/mol. The zero-order chi connectivity index (χ0) is 14.1. The fourth-order valence-corrected chi connectivity index (χ4v) is 2.03. The lowest BCUT2D eigenvalue weighted by Gasteiger charge is -2.33. The van der Waals surface area contributed by atoms with Crippen molar-refractivity contribution in [1.29, 1.82) is 0 Å². The molecule has 0 radical (unpaired) electrons. The van der Waals surface area contributed by atoms with E-state index in [2.05, 4.69) is 5.32 Å². The molecule has 0 spiro atoms. The molecule has 0 rings (SSSR count). The van der Waals surface area contributed by atoms with Crippen LogP contribution in [0.3, 0.4) is 0 Å². The molecular weight excluding hydrogens is 257 g/mol. The molecule has 0 saturated carbocycles. The summed E-state index contributed by atoms with van der Waals surface area (Å²) in [6, 6.07) is -0.371. The van der Waals surface area contributed by atoms with Crippen molar-refractivity contribution in [2.45, 2.75) is 32.3 Å². The number of hydrogen-bond donors (Lipinski definition) is 1. The summed E-state index contributed by atoms with van der Waals surface area (Å²) in [6.45, 7) is 5.23. The summed E-state index contributed by atoms with van der Waals surface area (Å²) < 4.78 is 59.4. The van der Waals surface area contributed by atoms with Gasteiger partial charge in [-0.15, -0.1) is 0 Å². The van der Waals surface area contributed by atoms with E-state index in [1.807, 2.05) is 20.8 Å². The quantitative estimate of drug-likeness (QED) is 0.844. The van der Waals surface area contributed by atoms with Gasteiger partial charge >= 0.3 is 15.5 Å². The standard InChI is InChI=1S/C9H19F3N2O2S/c1-8(2,3)7(13-4)6-14(5)17(15,16)9(10,11)12/h7,13H,6H2,1-5H3/t7-/m1/s1. The summed E-state index contributed by atoms with van der Waals surface area (Å²) in [6.07, 6.45) is 0. The van der Waals surface area contributed by atoms with Crippen LogP contribution in [-0.4, -0.2) is 44.9 Å². The van der Waals surface area contributed by atoms with Crippen LogP contribution in [0.15, 0.2) is 0 Å². The molecule has 4 nitrogen and oxygen atoms in total. The monoisotopic (exact) mass is 276 g/mol. The Kier molecular flexibility index (Phi) is 5.01. The second kappa shape index (κ2) is 5.11. The van der Waals surface area contributed by atoms with E-state index in [0.29, 0.717) is 4.31 Å². The van der Waals surface area contributed by atoms with Gasteiger partial charge in [-0.1, -0.05) is 20.8 Å². The molecule has 0 aromatic heterocycles. The highest BCUT2D eigenvalue weighted by molar-refractivity contribution is 7.89. The molecule has 0 aliphatic rings. The van der Waals surface area contributed by atoms with E-state index < -0.39 is 15.5 Å². The summed E-state index contributed by atoms with van der Waals surface area (Å²) in [5, 5.41) is 2.82. The Bertz CT molecular complexity index is 346. The number of likely N-dealkylation sites (N-methyl/N-ethyl adjacent to an activating group) is 2. The van der Waals surface area contributed by atoms with Crippen molar-refractivity contribution in [3.63, 3.8) is 0 Å². The van der Waals surface area contributed by atoms with Gasteiger partial charge in [-0.05, 0) is 12.5 Å². The molecule has 0 saturated heterocycles. The number of sulfonamides is 1. The van der Waals surface area contributed by atoms with Gasteiger partial charge in [-0.2, -0.15) is 17.5 Å². The van der Waals surface area contributed by atoms with Gasteiger partial charge in [-0.25, -0.2) is 8.42 Å². The Labute approximate surface area is 100 Å². The minimum Gasteiger partial charge on any atom is -0.315 e. The van der Waals surface area contributed by atoms with Crippen LogP contribution in [0.4, 0.5) is 13.2 Å². The van der Waals surface area contributed by atoms with Crippen LogP contribution in [-0.2, 0) is 10.0 Å². The van der Waals surface area contributed by atoms with Crippen molar-refractivity contribution >= 4 is 10.0 Å². The second-order valence-electron chi connectivity index (χ2n) is 4.94. The molecule has 1 N–H and O–H groups in total. The molecule has 17 heavy (non-hydrogen) atoms. The molecule has 8 heteroatoms. The van der Waals surface area contributed by atoms with Crippen molar-refractivity contribution in [2.24, 2.45) is 5.41 Å². The van der Waals surface area contributed by atoms with E-state index in [1.165, 1.54) is 0 Å². The molecule has 0 aliphatic heterocycles. The first kappa shape index (κ1) is 16.7. The van der Waals surface area contributed by atoms with E-state index in [9.17, 15) is 21.6 Å².